The van der Waals surface area contributed by atoms with Crippen LogP contribution < -0.4 is 4.90 Å². The number of hydrogen-bond donors (Lipinski definition) is 0. The first kappa shape index (κ1) is 15.1. The Labute approximate surface area is 163 Å². The third kappa shape index (κ3) is 2.20. The number of rotatable bonds is 1. The molecule has 27 heavy (non-hydrogen) atoms. The van der Waals surface area contributed by atoms with Crippen molar-refractivity contribution in [3.8, 4) is 0 Å². The van der Waals surface area contributed by atoms with Gasteiger partial charge in [-0.3, -0.25) is 14.9 Å². The van der Waals surface area contributed by atoms with Crippen LogP contribution in [0.1, 0.15) is 0 Å². The third-order valence-electron chi connectivity index (χ3n) is 4.70. The zero-order valence-electron chi connectivity index (χ0n) is 14.0. The van der Waals surface area contributed by atoms with Gasteiger partial charge in [-0.05, 0) is 12.1 Å². The van der Waals surface area contributed by atoms with E-state index in [1.165, 1.54) is 0 Å². The average Bonchev–Trinajstić information content (AvgIpc) is 3.26. The topological polar surface area (TPSA) is 41.9 Å². The zero-order chi connectivity index (χ0) is 17.8. The highest BCUT2D eigenvalue weighted by molar-refractivity contribution is 7.99. The number of pyridine rings is 2. The van der Waals surface area contributed by atoms with E-state index >= 15 is 0 Å². The van der Waals surface area contributed by atoms with E-state index in [1.807, 2.05) is 36.1 Å². The molecule has 6 heteroatoms. The Hall–Kier alpha value is -2.96. The third-order valence-corrected chi connectivity index (χ3v) is 6.50. The standard InChI is InChI=1S/C21H12N4S2/c1-3-7-15-13(5-1)19-17(11-23-15)27-18-12-24-16-8-4-2-6-14(16)20(18)25(19)21-22-9-10-26-21/h1-12H. The Morgan fingerprint density at radius 1 is 0.704 bits per heavy atom. The highest BCUT2D eigenvalue weighted by atomic mass is 32.2. The maximum Gasteiger partial charge on any atom is 0.194 e. The van der Waals surface area contributed by atoms with Gasteiger partial charge >= 0.3 is 0 Å². The maximum atomic E-state index is 4.66. The van der Waals surface area contributed by atoms with Crippen molar-refractivity contribution >= 4 is 61.4 Å². The predicted octanol–water partition coefficient (Wildman–Crippen LogP) is 6.17. The lowest BCUT2D eigenvalue weighted by atomic mass is 10.1. The summed E-state index contributed by atoms with van der Waals surface area (Å²) in [4.78, 5) is 18.5. The molecule has 0 atom stereocenters. The van der Waals surface area contributed by atoms with Crippen LogP contribution >= 0.6 is 23.1 Å². The van der Waals surface area contributed by atoms with Crippen molar-refractivity contribution in [1.29, 1.82) is 0 Å². The van der Waals surface area contributed by atoms with Gasteiger partial charge in [0.05, 0.1) is 32.2 Å². The first-order valence-corrected chi connectivity index (χ1v) is 10.2. The molecule has 0 radical (unpaired) electrons. The Balaban J connectivity index is 1.77. The van der Waals surface area contributed by atoms with E-state index in [4.69, 9.17) is 0 Å². The predicted molar refractivity (Wildman–Crippen MR) is 112 cm³/mol. The minimum atomic E-state index is 0.950. The molecule has 0 spiro atoms. The van der Waals surface area contributed by atoms with Crippen molar-refractivity contribution in [3.05, 3.63) is 72.5 Å². The van der Waals surface area contributed by atoms with Gasteiger partial charge in [-0.25, -0.2) is 4.98 Å². The normalized spacial score (nSPS) is 13.0. The number of hydrogen-bond acceptors (Lipinski definition) is 6. The molecule has 0 N–H and O–H groups in total. The summed E-state index contributed by atoms with van der Waals surface area (Å²) in [6, 6.07) is 16.6. The maximum absolute atomic E-state index is 4.66. The smallest absolute Gasteiger partial charge is 0.194 e. The first-order chi connectivity index (χ1) is 13.4. The summed E-state index contributed by atoms with van der Waals surface area (Å²) in [5.41, 5.74) is 4.26. The fourth-order valence-corrected chi connectivity index (χ4v) is 5.27. The summed E-state index contributed by atoms with van der Waals surface area (Å²) in [6.45, 7) is 0. The van der Waals surface area contributed by atoms with Gasteiger partial charge < -0.3 is 0 Å². The van der Waals surface area contributed by atoms with Crippen molar-refractivity contribution in [3.63, 3.8) is 0 Å². The lowest BCUT2D eigenvalue weighted by Gasteiger charge is -2.32. The van der Waals surface area contributed by atoms with Gasteiger partial charge in [0.15, 0.2) is 5.13 Å². The Morgan fingerprint density at radius 2 is 1.30 bits per heavy atom. The molecule has 5 aromatic rings. The van der Waals surface area contributed by atoms with E-state index < -0.39 is 0 Å². The Morgan fingerprint density at radius 3 is 1.85 bits per heavy atom. The van der Waals surface area contributed by atoms with E-state index in [2.05, 4.69) is 56.3 Å². The van der Waals surface area contributed by atoms with Gasteiger partial charge in [0, 0.05) is 34.7 Å². The zero-order valence-corrected chi connectivity index (χ0v) is 15.7. The second kappa shape index (κ2) is 5.77. The molecule has 0 fully saturated rings. The molecule has 4 nitrogen and oxygen atoms in total. The molecule has 0 bridgehead atoms. The van der Waals surface area contributed by atoms with Gasteiger partial charge in [0.1, 0.15) is 0 Å². The summed E-state index contributed by atoms with van der Waals surface area (Å²) >= 11 is 3.36. The molecule has 0 unspecified atom stereocenters. The fraction of sp³-hybridized carbons (Fsp3) is 0. The van der Waals surface area contributed by atoms with Crippen LogP contribution in [0.5, 0.6) is 0 Å². The molecule has 2 aromatic carbocycles. The lowest BCUT2D eigenvalue weighted by molar-refractivity contribution is 1.13. The highest BCUT2D eigenvalue weighted by Crippen LogP contribution is 2.55. The minimum Gasteiger partial charge on any atom is -0.283 e. The molecule has 1 aliphatic rings. The van der Waals surface area contributed by atoms with Crippen LogP contribution in [0.15, 0.2) is 82.3 Å². The number of nitrogens with zero attached hydrogens (tertiary/aromatic N) is 4. The van der Waals surface area contributed by atoms with E-state index in [9.17, 15) is 0 Å². The molecule has 0 aliphatic carbocycles. The largest absolute Gasteiger partial charge is 0.283 e. The first-order valence-electron chi connectivity index (χ1n) is 8.53. The molecule has 6 rings (SSSR count). The molecule has 4 heterocycles. The summed E-state index contributed by atoms with van der Waals surface area (Å²) < 4.78 is 0. The van der Waals surface area contributed by atoms with Crippen molar-refractivity contribution in [2.75, 3.05) is 4.90 Å². The fourth-order valence-electron chi connectivity index (χ4n) is 3.58. The van der Waals surface area contributed by atoms with Crippen LogP contribution in [-0.4, -0.2) is 15.0 Å². The Bertz CT molecular complexity index is 1230. The number of para-hydroxylation sites is 2. The van der Waals surface area contributed by atoms with Crippen LogP contribution in [0, 0.1) is 0 Å². The average molecular weight is 384 g/mol. The lowest BCUT2D eigenvalue weighted by Crippen LogP contribution is -2.16. The number of benzene rings is 2. The van der Waals surface area contributed by atoms with Gasteiger partial charge in [0.25, 0.3) is 0 Å². The van der Waals surface area contributed by atoms with Gasteiger partial charge in [0.2, 0.25) is 0 Å². The molecule has 128 valence electrons. The van der Waals surface area contributed by atoms with Crippen LogP contribution in [0.2, 0.25) is 0 Å². The number of aromatic nitrogens is 3. The summed E-state index contributed by atoms with van der Waals surface area (Å²) in [7, 11) is 0. The van der Waals surface area contributed by atoms with E-state index in [-0.39, 0.29) is 0 Å². The second-order valence-electron chi connectivity index (χ2n) is 6.23. The second-order valence-corrected chi connectivity index (χ2v) is 8.19. The van der Waals surface area contributed by atoms with Crippen molar-refractivity contribution in [2.24, 2.45) is 0 Å². The Kier molecular flexibility index (Phi) is 3.23. The summed E-state index contributed by atoms with van der Waals surface area (Å²) in [5.74, 6) is 0. The molecular weight excluding hydrogens is 372 g/mol. The van der Waals surface area contributed by atoms with Gasteiger partial charge in [-0.15, -0.1) is 11.3 Å². The minimum absolute atomic E-state index is 0.950. The molecule has 0 saturated carbocycles. The van der Waals surface area contributed by atoms with Gasteiger partial charge in [-0.2, -0.15) is 0 Å². The quantitative estimate of drug-likeness (QED) is 0.339. The molecular formula is C21H12N4S2. The molecule has 0 amide bonds. The SMILES string of the molecule is c1ccc2c3c(cnc2c1)Sc1cnc2ccccc2c1N3c1nccs1. The van der Waals surface area contributed by atoms with E-state index in [0.717, 1.165) is 48.1 Å². The van der Waals surface area contributed by atoms with Crippen molar-refractivity contribution < 1.29 is 0 Å². The highest BCUT2D eigenvalue weighted by Gasteiger charge is 2.30. The number of anilines is 3. The van der Waals surface area contributed by atoms with Crippen LogP contribution in [0.25, 0.3) is 21.8 Å². The molecule has 1 aliphatic heterocycles. The molecule has 0 saturated heterocycles. The number of fused-ring (bicyclic) bond motifs is 6. The van der Waals surface area contributed by atoms with Crippen LogP contribution in [0.4, 0.5) is 16.5 Å². The monoisotopic (exact) mass is 384 g/mol. The summed E-state index contributed by atoms with van der Waals surface area (Å²) in [6.07, 6.45) is 5.77. The molecule has 3 aromatic heterocycles. The van der Waals surface area contributed by atoms with E-state index in [1.54, 1.807) is 23.1 Å². The van der Waals surface area contributed by atoms with Crippen LogP contribution in [-0.2, 0) is 0 Å². The van der Waals surface area contributed by atoms with E-state index in [0.29, 0.717) is 0 Å². The van der Waals surface area contributed by atoms with Gasteiger partial charge in [-0.1, -0.05) is 48.2 Å². The van der Waals surface area contributed by atoms with Crippen LogP contribution in [0.3, 0.4) is 0 Å². The van der Waals surface area contributed by atoms with Crippen molar-refractivity contribution in [1.82, 2.24) is 15.0 Å². The number of thiazole rings is 1. The van der Waals surface area contributed by atoms with Crippen molar-refractivity contribution in [2.45, 2.75) is 9.79 Å². The summed E-state index contributed by atoms with van der Waals surface area (Å²) in [5, 5.41) is 5.22.